The van der Waals surface area contributed by atoms with E-state index in [1.165, 1.54) is 30.4 Å². The number of piperazine rings is 1. The van der Waals surface area contributed by atoms with Crippen LogP contribution in [0.15, 0.2) is 60.7 Å². The van der Waals surface area contributed by atoms with Gasteiger partial charge in [-0.25, -0.2) is 0 Å². The van der Waals surface area contributed by atoms with Gasteiger partial charge in [0.1, 0.15) is 11.7 Å². The molecule has 2 aromatic rings. The lowest BCUT2D eigenvalue weighted by molar-refractivity contribution is -0.146. The smallest absolute Gasteiger partial charge is 0.311 e. The minimum absolute atomic E-state index is 0.0179. The molecule has 7 rings (SSSR count). The van der Waals surface area contributed by atoms with Gasteiger partial charge in [-0.15, -0.1) is 0 Å². The Labute approximate surface area is 221 Å². The lowest BCUT2D eigenvalue weighted by atomic mass is 9.53. The van der Waals surface area contributed by atoms with Crippen LogP contribution in [0.5, 0.6) is 0 Å². The fourth-order valence-corrected chi connectivity index (χ4v) is 8.81. The predicted octanol–water partition coefficient (Wildman–Crippen LogP) is 4.92. The number of benzene rings is 2. The highest BCUT2D eigenvalue weighted by atomic mass is 16.6. The summed E-state index contributed by atoms with van der Waals surface area (Å²) in [6, 6.07) is 22.0. The Kier molecular flexibility index (Phi) is 5.76. The number of esters is 1. The summed E-state index contributed by atoms with van der Waals surface area (Å²) in [6.07, 6.45) is 4.92. The third-order valence-corrected chi connectivity index (χ3v) is 10.7. The van der Waals surface area contributed by atoms with Crippen LogP contribution in [0.1, 0.15) is 56.7 Å². The van der Waals surface area contributed by atoms with Crippen molar-refractivity contribution in [2.24, 2.45) is 23.2 Å². The van der Waals surface area contributed by atoms with E-state index in [9.17, 15) is 4.79 Å². The number of rotatable bonds is 5. The summed E-state index contributed by atoms with van der Waals surface area (Å²) in [5.74, 6) is 0.758. The molecule has 2 aliphatic carbocycles. The number of carbonyl (C=O) groups is 1. The van der Waals surface area contributed by atoms with Crippen LogP contribution in [0.2, 0.25) is 0 Å². The van der Waals surface area contributed by atoms with Crippen LogP contribution in [0.4, 0.5) is 0 Å². The van der Waals surface area contributed by atoms with E-state index in [0.29, 0.717) is 5.92 Å². The summed E-state index contributed by atoms with van der Waals surface area (Å²) in [5.41, 5.74) is 2.82. The van der Waals surface area contributed by atoms with Crippen molar-refractivity contribution in [1.82, 2.24) is 9.80 Å². The third-order valence-electron chi connectivity index (χ3n) is 10.7. The fourth-order valence-electron chi connectivity index (χ4n) is 8.81. The molecule has 5 nitrogen and oxygen atoms in total. The van der Waals surface area contributed by atoms with Crippen LogP contribution in [0.3, 0.4) is 0 Å². The van der Waals surface area contributed by atoms with Crippen molar-refractivity contribution in [3.05, 3.63) is 71.8 Å². The number of fused-ring (bicyclic) bond motifs is 2. The van der Waals surface area contributed by atoms with E-state index in [4.69, 9.17) is 9.47 Å². The Morgan fingerprint density at radius 3 is 2.27 bits per heavy atom. The van der Waals surface area contributed by atoms with Gasteiger partial charge in [0.25, 0.3) is 0 Å². The number of hydrogen-bond acceptors (Lipinski definition) is 5. The Hall–Kier alpha value is -2.21. The molecule has 37 heavy (non-hydrogen) atoms. The first kappa shape index (κ1) is 23.9. The molecule has 3 saturated heterocycles. The number of carbonyl (C=O) groups excluding carboxylic acids is 1. The van der Waals surface area contributed by atoms with Gasteiger partial charge in [0, 0.05) is 44.1 Å². The molecule has 2 aromatic carbocycles. The van der Waals surface area contributed by atoms with Gasteiger partial charge in [-0.05, 0) is 36.3 Å². The van der Waals surface area contributed by atoms with Gasteiger partial charge in [-0.1, -0.05) is 80.9 Å². The molecule has 5 aliphatic rings. The monoisotopic (exact) mass is 500 g/mol. The van der Waals surface area contributed by atoms with E-state index >= 15 is 0 Å². The average Bonchev–Trinajstić information content (AvgIpc) is 3.60. The second-order valence-electron chi connectivity index (χ2n) is 12.6. The Morgan fingerprint density at radius 1 is 0.973 bits per heavy atom. The molecule has 1 spiro atoms. The summed E-state index contributed by atoms with van der Waals surface area (Å²) < 4.78 is 12.7. The molecule has 3 aliphatic heterocycles. The van der Waals surface area contributed by atoms with E-state index in [-0.39, 0.29) is 47.1 Å². The van der Waals surface area contributed by atoms with Crippen molar-refractivity contribution >= 4 is 5.97 Å². The fraction of sp³-hybridized carbons (Fsp3) is 0.594. The first-order valence-corrected chi connectivity index (χ1v) is 14.4. The highest BCUT2D eigenvalue weighted by Gasteiger charge is 2.78. The van der Waals surface area contributed by atoms with E-state index in [2.05, 4.69) is 84.3 Å². The van der Waals surface area contributed by atoms with Gasteiger partial charge in [-0.3, -0.25) is 14.6 Å². The summed E-state index contributed by atoms with van der Waals surface area (Å²) in [6.45, 7) is 9.50. The van der Waals surface area contributed by atoms with Crippen molar-refractivity contribution in [3.63, 3.8) is 0 Å². The Bertz CT molecular complexity index is 1090. The summed E-state index contributed by atoms with van der Waals surface area (Å²) in [4.78, 5) is 18.3. The molecule has 0 N–H and O–H groups in total. The molecule has 0 bridgehead atoms. The van der Waals surface area contributed by atoms with E-state index in [1.807, 2.05) is 0 Å². The molecule has 0 aromatic heterocycles. The molecule has 0 unspecified atom stereocenters. The number of hydrogen-bond donors (Lipinski definition) is 0. The Morgan fingerprint density at radius 2 is 1.62 bits per heavy atom. The number of ether oxygens (including phenoxy) is 2. The van der Waals surface area contributed by atoms with Crippen LogP contribution in [0.25, 0.3) is 0 Å². The Balaban J connectivity index is 1.05. The summed E-state index contributed by atoms with van der Waals surface area (Å²) in [5, 5.41) is 0. The molecule has 3 heterocycles. The van der Waals surface area contributed by atoms with E-state index in [1.54, 1.807) is 0 Å². The van der Waals surface area contributed by atoms with Gasteiger partial charge in [0.15, 0.2) is 0 Å². The largest absolute Gasteiger partial charge is 0.462 e. The van der Waals surface area contributed by atoms with Crippen molar-refractivity contribution in [3.8, 4) is 0 Å². The zero-order chi connectivity index (χ0) is 25.2. The zero-order valence-corrected chi connectivity index (χ0v) is 22.2. The molecule has 0 radical (unpaired) electrons. The topological polar surface area (TPSA) is 45.3 Å². The molecule has 2 saturated carbocycles. The summed E-state index contributed by atoms with van der Waals surface area (Å²) in [7, 11) is 0. The second-order valence-corrected chi connectivity index (χ2v) is 12.6. The van der Waals surface area contributed by atoms with Crippen molar-refractivity contribution in [1.29, 1.82) is 0 Å². The molecule has 0 amide bonds. The lowest BCUT2D eigenvalue weighted by Gasteiger charge is -2.49. The third kappa shape index (κ3) is 3.72. The number of epoxide rings is 1. The normalized spacial score (nSPS) is 39.5. The lowest BCUT2D eigenvalue weighted by Crippen LogP contribution is -2.55. The van der Waals surface area contributed by atoms with Crippen LogP contribution >= 0.6 is 0 Å². The van der Waals surface area contributed by atoms with Gasteiger partial charge in [-0.2, -0.15) is 0 Å². The molecular formula is C32H40N2O3. The van der Waals surface area contributed by atoms with Gasteiger partial charge >= 0.3 is 5.97 Å². The van der Waals surface area contributed by atoms with Crippen molar-refractivity contribution < 1.29 is 14.3 Å². The minimum atomic E-state index is -0.0568. The highest BCUT2D eigenvalue weighted by Crippen LogP contribution is 2.70. The van der Waals surface area contributed by atoms with E-state index in [0.717, 1.165) is 39.1 Å². The van der Waals surface area contributed by atoms with Crippen LogP contribution < -0.4 is 0 Å². The summed E-state index contributed by atoms with van der Waals surface area (Å²) >= 11 is 0. The van der Waals surface area contributed by atoms with Crippen LogP contribution in [0, 0.1) is 23.2 Å². The number of nitrogens with zero attached hydrogens (tertiary/aromatic N) is 2. The second kappa shape index (κ2) is 8.93. The van der Waals surface area contributed by atoms with Crippen LogP contribution in [-0.2, 0) is 14.3 Å². The SMILES string of the molecule is C[C@H]1CCC[C@]2(C)C[C@H]3OC(=O)[C@@H](CN4CCN(C(c5ccccc5)c5ccccc5)CC4)[C@H]3[C@@H]3O[C@@]132. The highest BCUT2D eigenvalue weighted by molar-refractivity contribution is 5.76. The van der Waals surface area contributed by atoms with Crippen molar-refractivity contribution in [2.45, 2.75) is 63.4 Å². The average molecular weight is 501 g/mol. The quantitative estimate of drug-likeness (QED) is 0.431. The maximum absolute atomic E-state index is 13.2. The first-order valence-electron chi connectivity index (χ1n) is 14.4. The predicted molar refractivity (Wildman–Crippen MR) is 143 cm³/mol. The van der Waals surface area contributed by atoms with Crippen LogP contribution in [-0.4, -0.2) is 66.3 Å². The molecule has 7 atom stereocenters. The molecule has 5 fully saturated rings. The van der Waals surface area contributed by atoms with Gasteiger partial charge in [0.2, 0.25) is 0 Å². The maximum atomic E-state index is 13.2. The first-order chi connectivity index (χ1) is 18.0. The van der Waals surface area contributed by atoms with E-state index < -0.39 is 0 Å². The van der Waals surface area contributed by atoms with Gasteiger partial charge in [0.05, 0.1) is 18.1 Å². The van der Waals surface area contributed by atoms with Crippen molar-refractivity contribution in [2.75, 3.05) is 32.7 Å². The minimum Gasteiger partial charge on any atom is -0.462 e. The van der Waals surface area contributed by atoms with Gasteiger partial charge < -0.3 is 9.47 Å². The standard InChI is InChI=1S/C32H40N2O3/c1-22-10-9-15-31(2)20-26-27(29-32(22,31)37-29)25(30(35)36-26)21-33-16-18-34(19-17-33)28(23-11-5-3-6-12-23)24-13-7-4-8-14-24/h3-8,11-14,22,25-29H,9-10,15-21H2,1-2H3/t22-,25-,26+,27+,29-,31+,32-/m0/s1. The molecule has 5 heteroatoms. The maximum Gasteiger partial charge on any atom is 0.311 e. The zero-order valence-electron chi connectivity index (χ0n) is 22.2. The molecular weight excluding hydrogens is 460 g/mol. The molecule has 196 valence electrons.